The lowest BCUT2D eigenvalue weighted by Crippen LogP contribution is -2.26. The maximum atomic E-state index is 13.4. The fourth-order valence-electron chi connectivity index (χ4n) is 3.79. The molecule has 0 spiro atoms. The highest BCUT2D eigenvalue weighted by molar-refractivity contribution is 5.76. The van der Waals surface area contributed by atoms with Crippen molar-refractivity contribution in [1.29, 1.82) is 0 Å². The van der Waals surface area contributed by atoms with Gasteiger partial charge in [0.25, 0.3) is 12.0 Å². The second-order valence-corrected chi connectivity index (χ2v) is 7.31. The van der Waals surface area contributed by atoms with Crippen LogP contribution in [0.25, 0.3) is 5.57 Å². The largest absolute Gasteiger partial charge is 0.463 e. The van der Waals surface area contributed by atoms with E-state index in [0.29, 0.717) is 30.7 Å². The maximum absolute atomic E-state index is 13.4. The zero-order valence-corrected chi connectivity index (χ0v) is 16.4. The van der Waals surface area contributed by atoms with Gasteiger partial charge < -0.3 is 15.0 Å². The van der Waals surface area contributed by atoms with Crippen LogP contribution in [0.1, 0.15) is 55.5 Å². The molecule has 0 saturated heterocycles. The molecule has 148 valence electrons. The summed E-state index contributed by atoms with van der Waals surface area (Å²) in [7, 11) is 0. The molecule has 1 aromatic carbocycles. The number of nitrogens with zero attached hydrogens (tertiary/aromatic N) is 1. The molecule has 5 nitrogen and oxygen atoms in total. The van der Waals surface area contributed by atoms with Crippen LogP contribution >= 0.6 is 0 Å². The van der Waals surface area contributed by atoms with Crippen molar-refractivity contribution in [2.75, 3.05) is 5.73 Å². The molecular weight excluding hydrogens is 359 g/mol. The Kier molecular flexibility index (Phi) is 5.68. The van der Waals surface area contributed by atoms with E-state index in [-0.39, 0.29) is 23.9 Å². The number of fused-ring (bicyclic) bond motifs is 1. The van der Waals surface area contributed by atoms with Crippen molar-refractivity contribution in [3.63, 3.8) is 0 Å². The van der Waals surface area contributed by atoms with Crippen LogP contribution in [0.3, 0.4) is 0 Å². The molecule has 0 saturated carbocycles. The molecule has 0 aliphatic carbocycles. The smallest absolute Gasteiger partial charge is 0.293 e. The number of hydrogen-bond acceptors (Lipinski definition) is 4. The van der Waals surface area contributed by atoms with E-state index in [1.807, 2.05) is 13.0 Å². The topological polar surface area (TPSA) is 74.3 Å². The van der Waals surface area contributed by atoms with Crippen molar-refractivity contribution in [2.24, 2.45) is 0 Å². The Bertz CT molecular complexity index is 1010. The number of halogens is 1. The molecule has 6 heteroatoms. The first kappa shape index (κ1) is 19.9. The van der Waals surface area contributed by atoms with Crippen molar-refractivity contribution in [1.82, 2.24) is 4.57 Å². The lowest BCUT2D eigenvalue weighted by Gasteiger charge is -2.16. The fourth-order valence-corrected chi connectivity index (χ4v) is 3.79. The summed E-state index contributed by atoms with van der Waals surface area (Å²) in [6, 6.07) is 6.42. The van der Waals surface area contributed by atoms with Crippen LogP contribution in [0.5, 0.6) is 0 Å². The summed E-state index contributed by atoms with van der Waals surface area (Å²) in [5.74, 6) is -0.186. The lowest BCUT2D eigenvalue weighted by molar-refractivity contribution is -0.129. The standard InChI is InChI=1S/C22H25FN2O3/c1-4-13(2)19-9-17-7-15(10-25(17)22(27)20(19)11-28-12-26)14(3)18-6-5-16(23)8-21(18)24/h5-6,8-9,12-13H,4,7,10-11,24H2,1-3H3/b15-14+/t13-/m1/s1. The first-order chi connectivity index (χ1) is 13.4. The lowest BCUT2D eigenvalue weighted by atomic mass is 9.93. The Balaban J connectivity index is 2.07. The van der Waals surface area contributed by atoms with Gasteiger partial charge in [-0.05, 0) is 60.2 Å². The number of pyridine rings is 1. The Morgan fingerprint density at radius 1 is 1.39 bits per heavy atom. The number of carbonyl (C=O) groups is 1. The molecule has 0 unspecified atom stereocenters. The van der Waals surface area contributed by atoms with Crippen LogP contribution in [0, 0.1) is 5.82 Å². The SMILES string of the molecule is CC[C@@H](C)c1cc2n(c(=O)c1COC=O)C/C(=C(\C)c1ccc(F)cc1N)C2. The van der Waals surface area contributed by atoms with Gasteiger partial charge in [-0.3, -0.25) is 9.59 Å². The average molecular weight is 384 g/mol. The normalized spacial score (nSPS) is 15.9. The molecule has 2 N–H and O–H groups in total. The first-order valence-corrected chi connectivity index (χ1v) is 9.42. The number of anilines is 1. The van der Waals surface area contributed by atoms with Crippen molar-refractivity contribution >= 4 is 17.7 Å². The Hall–Kier alpha value is -2.89. The third kappa shape index (κ3) is 3.59. The molecule has 28 heavy (non-hydrogen) atoms. The summed E-state index contributed by atoms with van der Waals surface area (Å²) in [6.45, 7) is 6.86. The number of allylic oxidation sites excluding steroid dienone is 2. The number of carbonyl (C=O) groups excluding carboxylic acids is 1. The second-order valence-electron chi connectivity index (χ2n) is 7.31. The molecule has 2 aromatic rings. The van der Waals surface area contributed by atoms with Crippen LogP contribution in [-0.2, 0) is 29.1 Å². The van der Waals surface area contributed by atoms with E-state index in [2.05, 4.69) is 13.8 Å². The van der Waals surface area contributed by atoms with E-state index < -0.39 is 0 Å². The molecule has 0 amide bonds. The summed E-state index contributed by atoms with van der Waals surface area (Å²) in [4.78, 5) is 23.7. The molecular formula is C22H25FN2O3. The minimum Gasteiger partial charge on any atom is -0.463 e. The minimum atomic E-state index is -0.372. The van der Waals surface area contributed by atoms with Crippen molar-refractivity contribution in [2.45, 2.75) is 52.7 Å². The molecule has 1 atom stereocenters. The van der Waals surface area contributed by atoms with Crippen LogP contribution < -0.4 is 11.3 Å². The van der Waals surface area contributed by atoms with E-state index >= 15 is 0 Å². The zero-order chi connectivity index (χ0) is 20.4. The van der Waals surface area contributed by atoms with Crippen LogP contribution in [0.15, 0.2) is 34.6 Å². The van der Waals surface area contributed by atoms with Gasteiger partial charge in [0.1, 0.15) is 12.4 Å². The molecule has 1 aromatic heterocycles. The molecule has 3 rings (SSSR count). The highest BCUT2D eigenvalue weighted by Crippen LogP contribution is 2.32. The Morgan fingerprint density at radius 3 is 2.79 bits per heavy atom. The second kappa shape index (κ2) is 8.00. The predicted molar refractivity (Wildman–Crippen MR) is 107 cm³/mol. The van der Waals surface area contributed by atoms with E-state index in [1.165, 1.54) is 12.1 Å². The fraction of sp³-hybridized carbons (Fsp3) is 0.364. The summed E-state index contributed by atoms with van der Waals surface area (Å²) in [5, 5.41) is 0. The van der Waals surface area contributed by atoms with Crippen LogP contribution in [0.2, 0.25) is 0 Å². The predicted octanol–water partition coefficient (Wildman–Crippen LogP) is 3.79. The van der Waals surface area contributed by atoms with Crippen molar-refractivity contribution < 1.29 is 13.9 Å². The highest BCUT2D eigenvalue weighted by Gasteiger charge is 2.25. The van der Waals surface area contributed by atoms with Crippen molar-refractivity contribution in [3.8, 4) is 0 Å². The maximum Gasteiger partial charge on any atom is 0.293 e. The van der Waals surface area contributed by atoms with Gasteiger partial charge in [0.15, 0.2) is 0 Å². The van der Waals surface area contributed by atoms with Gasteiger partial charge in [0, 0.05) is 29.9 Å². The molecule has 2 heterocycles. The number of nitrogen functional groups attached to an aromatic ring is 1. The van der Waals surface area contributed by atoms with Crippen LogP contribution in [-0.4, -0.2) is 11.0 Å². The van der Waals surface area contributed by atoms with E-state index in [1.54, 1.807) is 10.6 Å². The molecule has 0 fully saturated rings. The molecule has 0 radical (unpaired) electrons. The summed E-state index contributed by atoms with van der Waals surface area (Å²) < 4.78 is 20.0. The number of hydrogen-bond donors (Lipinski definition) is 1. The van der Waals surface area contributed by atoms with E-state index in [0.717, 1.165) is 34.4 Å². The summed E-state index contributed by atoms with van der Waals surface area (Å²) in [5.41, 5.74) is 11.5. The van der Waals surface area contributed by atoms with Crippen LogP contribution in [0.4, 0.5) is 10.1 Å². The average Bonchev–Trinajstić information content (AvgIpc) is 3.10. The third-order valence-electron chi connectivity index (χ3n) is 5.65. The molecule has 0 bridgehead atoms. The zero-order valence-electron chi connectivity index (χ0n) is 16.4. The van der Waals surface area contributed by atoms with Gasteiger partial charge in [-0.2, -0.15) is 0 Å². The third-order valence-corrected chi connectivity index (χ3v) is 5.65. The van der Waals surface area contributed by atoms with Gasteiger partial charge in [0.05, 0.1) is 5.56 Å². The van der Waals surface area contributed by atoms with E-state index in [9.17, 15) is 14.0 Å². The highest BCUT2D eigenvalue weighted by atomic mass is 19.1. The van der Waals surface area contributed by atoms with Gasteiger partial charge in [-0.15, -0.1) is 0 Å². The monoisotopic (exact) mass is 384 g/mol. The number of nitrogens with two attached hydrogens (primary N) is 1. The Morgan fingerprint density at radius 2 is 2.14 bits per heavy atom. The van der Waals surface area contributed by atoms with E-state index in [4.69, 9.17) is 10.5 Å². The number of rotatable bonds is 6. The van der Waals surface area contributed by atoms with Gasteiger partial charge >= 0.3 is 0 Å². The first-order valence-electron chi connectivity index (χ1n) is 9.42. The quantitative estimate of drug-likeness (QED) is 0.607. The van der Waals surface area contributed by atoms with Gasteiger partial charge in [0.2, 0.25) is 0 Å². The molecule has 1 aliphatic heterocycles. The van der Waals surface area contributed by atoms with Gasteiger partial charge in [-0.25, -0.2) is 4.39 Å². The Labute approximate surface area is 163 Å². The summed E-state index contributed by atoms with van der Waals surface area (Å²) in [6.07, 6.45) is 1.51. The summed E-state index contributed by atoms with van der Waals surface area (Å²) >= 11 is 0. The minimum absolute atomic E-state index is 0.0226. The number of aromatic nitrogens is 1. The number of ether oxygens (including phenoxy) is 1. The number of benzene rings is 1. The van der Waals surface area contributed by atoms with Crippen molar-refractivity contribution in [3.05, 3.63) is 68.4 Å². The molecule has 1 aliphatic rings. The van der Waals surface area contributed by atoms with Gasteiger partial charge in [-0.1, -0.05) is 13.8 Å².